The minimum Gasteiger partial charge on any atom is -0.493 e. The van der Waals surface area contributed by atoms with Gasteiger partial charge < -0.3 is 19.0 Å². The van der Waals surface area contributed by atoms with Crippen molar-refractivity contribution in [2.45, 2.75) is 26.4 Å². The zero-order valence-electron chi connectivity index (χ0n) is 13.2. The number of furan rings is 1. The highest BCUT2D eigenvalue weighted by molar-refractivity contribution is 6.15. The number of benzene rings is 1. The molecule has 1 aromatic carbocycles. The number of ether oxygens (including phenoxy) is 2. The number of Topliss-reactive ketones (excluding diaryl/α,β-unsaturated/α-hetero) is 1. The summed E-state index contributed by atoms with van der Waals surface area (Å²) in [7, 11) is 2.88. The highest BCUT2D eigenvalue weighted by Crippen LogP contribution is 2.46. The number of allylic oxidation sites excluding steroid dienone is 1. The highest BCUT2D eigenvalue weighted by atomic mass is 16.5. The Kier molecular flexibility index (Phi) is 3.07. The minimum atomic E-state index is -1.33. The summed E-state index contributed by atoms with van der Waals surface area (Å²) in [5, 5.41) is 11.7. The molecule has 0 spiro atoms. The maximum absolute atomic E-state index is 12.7. The number of hydrogen-bond acceptors (Lipinski definition) is 5. The molecule has 5 heteroatoms. The largest absolute Gasteiger partial charge is 0.493 e. The van der Waals surface area contributed by atoms with Crippen molar-refractivity contribution in [2.24, 2.45) is 0 Å². The molecular formula is C17H18O5. The van der Waals surface area contributed by atoms with E-state index in [0.717, 1.165) is 16.5 Å². The molecule has 1 aromatic heterocycles. The fraction of sp³-hybridized carbons (Fsp3) is 0.353. The van der Waals surface area contributed by atoms with Gasteiger partial charge in [-0.1, -0.05) is 0 Å². The SMILES string of the molecule is COC1=C[C@](C)(O)c2c(c(OC)c3occ(C)c3c2C)C1=O. The number of carbonyl (C=O) groups excluding carboxylic acids is 1. The number of carbonyl (C=O) groups is 1. The lowest BCUT2D eigenvalue weighted by atomic mass is 9.79. The van der Waals surface area contributed by atoms with E-state index in [2.05, 4.69) is 0 Å². The van der Waals surface area contributed by atoms with Gasteiger partial charge in [-0.15, -0.1) is 0 Å². The number of aryl methyl sites for hydroxylation is 2. The Labute approximate surface area is 128 Å². The second-order valence-corrected chi connectivity index (χ2v) is 5.72. The van der Waals surface area contributed by atoms with E-state index in [-0.39, 0.29) is 11.5 Å². The molecule has 116 valence electrons. The van der Waals surface area contributed by atoms with Crippen molar-refractivity contribution in [3.63, 3.8) is 0 Å². The summed E-state index contributed by atoms with van der Waals surface area (Å²) in [5.74, 6) is 0.106. The van der Waals surface area contributed by atoms with Crippen LogP contribution in [0.1, 0.15) is 34.0 Å². The minimum absolute atomic E-state index is 0.0952. The molecule has 0 unspecified atom stereocenters. The fourth-order valence-electron chi connectivity index (χ4n) is 3.33. The number of ketones is 1. The van der Waals surface area contributed by atoms with Gasteiger partial charge in [-0.05, 0) is 38.0 Å². The van der Waals surface area contributed by atoms with Crippen LogP contribution in [0.4, 0.5) is 0 Å². The van der Waals surface area contributed by atoms with E-state index in [9.17, 15) is 9.90 Å². The van der Waals surface area contributed by atoms with Crippen LogP contribution >= 0.6 is 0 Å². The monoisotopic (exact) mass is 302 g/mol. The second kappa shape index (κ2) is 4.61. The molecule has 0 aliphatic heterocycles. The van der Waals surface area contributed by atoms with Crippen molar-refractivity contribution in [1.29, 1.82) is 0 Å². The van der Waals surface area contributed by atoms with Gasteiger partial charge in [-0.2, -0.15) is 0 Å². The topological polar surface area (TPSA) is 68.9 Å². The first kappa shape index (κ1) is 14.7. The first-order chi connectivity index (χ1) is 10.3. The van der Waals surface area contributed by atoms with Gasteiger partial charge in [0.05, 0.1) is 26.0 Å². The molecule has 1 aliphatic carbocycles. The van der Waals surface area contributed by atoms with Gasteiger partial charge in [0.15, 0.2) is 17.1 Å². The van der Waals surface area contributed by atoms with Crippen LogP contribution in [0.15, 0.2) is 22.5 Å². The lowest BCUT2D eigenvalue weighted by molar-refractivity contribution is 0.0792. The number of methoxy groups -OCH3 is 2. The molecule has 22 heavy (non-hydrogen) atoms. The summed E-state index contributed by atoms with van der Waals surface area (Å²) in [6, 6.07) is 0. The van der Waals surface area contributed by atoms with E-state index in [0.29, 0.717) is 22.5 Å². The van der Waals surface area contributed by atoms with Gasteiger partial charge in [0.2, 0.25) is 5.78 Å². The zero-order chi connectivity index (χ0) is 16.2. The number of hydrogen-bond donors (Lipinski definition) is 1. The summed E-state index contributed by atoms with van der Waals surface area (Å²) in [6.45, 7) is 5.42. The molecule has 0 saturated carbocycles. The van der Waals surface area contributed by atoms with Crippen molar-refractivity contribution in [3.05, 3.63) is 40.4 Å². The standard InChI is InChI=1S/C17H18O5/c1-8-7-22-16-11(8)9(2)13-12(15(16)21-5)14(18)10(20-4)6-17(13,3)19/h6-7,19H,1-5H3/t17-/m0/s1. The van der Waals surface area contributed by atoms with Crippen LogP contribution in [-0.4, -0.2) is 25.1 Å². The predicted octanol–water partition coefficient (Wildman–Crippen LogP) is 2.99. The van der Waals surface area contributed by atoms with Crippen molar-refractivity contribution in [1.82, 2.24) is 0 Å². The van der Waals surface area contributed by atoms with Crippen LogP contribution in [0.2, 0.25) is 0 Å². The summed E-state index contributed by atoms with van der Waals surface area (Å²) < 4.78 is 16.1. The van der Waals surface area contributed by atoms with Gasteiger partial charge >= 0.3 is 0 Å². The quantitative estimate of drug-likeness (QED) is 0.923. The Balaban J connectivity index is 2.53. The molecule has 1 atom stereocenters. The normalized spacial score (nSPS) is 20.8. The van der Waals surface area contributed by atoms with Gasteiger partial charge in [-0.25, -0.2) is 0 Å². The van der Waals surface area contributed by atoms with Crippen LogP contribution < -0.4 is 4.74 Å². The van der Waals surface area contributed by atoms with E-state index in [1.54, 1.807) is 13.2 Å². The Morgan fingerprint density at radius 2 is 1.91 bits per heavy atom. The second-order valence-electron chi connectivity index (χ2n) is 5.72. The summed E-state index contributed by atoms with van der Waals surface area (Å²) in [4.78, 5) is 12.7. The molecule has 1 aliphatic rings. The average molecular weight is 302 g/mol. The van der Waals surface area contributed by atoms with Crippen molar-refractivity contribution >= 4 is 16.8 Å². The van der Waals surface area contributed by atoms with E-state index in [4.69, 9.17) is 13.9 Å². The van der Waals surface area contributed by atoms with Crippen LogP contribution in [0.3, 0.4) is 0 Å². The van der Waals surface area contributed by atoms with E-state index >= 15 is 0 Å². The van der Waals surface area contributed by atoms with E-state index < -0.39 is 5.60 Å². The molecule has 1 heterocycles. The maximum atomic E-state index is 12.7. The predicted molar refractivity (Wildman–Crippen MR) is 81.2 cm³/mol. The first-order valence-corrected chi connectivity index (χ1v) is 6.96. The first-order valence-electron chi connectivity index (χ1n) is 6.96. The highest BCUT2D eigenvalue weighted by Gasteiger charge is 2.40. The molecule has 0 bridgehead atoms. The van der Waals surface area contributed by atoms with Crippen molar-refractivity contribution in [3.8, 4) is 5.75 Å². The summed E-state index contributed by atoms with van der Waals surface area (Å²) in [6.07, 6.45) is 3.06. The molecule has 2 aromatic rings. The van der Waals surface area contributed by atoms with Crippen LogP contribution in [-0.2, 0) is 10.3 Å². The van der Waals surface area contributed by atoms with Gasteiger partial charge in [0.1, 0.15) is 5.60 Å². The molecular weight excluding hydrogens is 284 g/mol. The smallest absolute Gasteiger partial charge is 0.231 e. The number of rotatable bonds is 2. The third kappa shape index (κ3) is 1.72. The van der Waals surface area contributed by atoms with Crippen molar-refractivity contribution in [2.75, 3.05) is 14.2 Å². The van der Waals surface area contributed by atoms with Crippen LogP contribution in [0, 0.1) is 13.8 Å². The summed E-state index contributed by atoms with van der Waals surface area (Å²) >= 11 is 0. The zero-order valence-corrected chi connectivity index (χ0v) is 13.2. The molecule has 0 fully saturated rings. The molecule has 1 N–H and O–H groups in total. The molecule has 0 radical (unpaired) electrons. The molecule has 3 rings (SSSR count). The van der Waals surface area contributed by atoms with Crippen LogP contribution in [0.5, 0.6) is 5.75 Å². The Hall–Kier alpha value is -2.27. The third-order valence-electron chi connectivity index (χ3n) is 4.20. The van der Waals surface area contributed by atoms with Gasteiger partial charge in [-0.3, -0.25) is 4.79 Å². The molecule has 5 nitrogen and oxygen atoms in total. The summed E-state index contributed by atoms with van der Waals surface area (Å²) in [5.41, 5.74) is 1.75. The van der Waals surface area contributed by atoms with E-state index in [1.807, 2.05) is 13.8 Å². The van der Waals surface area contributed by atoms with Crippen molar-refractivity contribution < 1.29 is 23.8 Å². The number of fused-ring (bicyclic) bond motifs is 2. The lowest BCUT2D eigenvalue weighted by Crippen LogP contribution is -2.30. The van der Waals surface area contributed by atoms with Crippen LogP contribution in [0.25, 0.3) is 11.0 Å². The van der Waals surface area contributed by atoms with Gasteiger partial charge in [0, 0.05) is 10.9 Å². The van der Waals surface area contributed by atoms with Gasteiger partial charge in [0.25, 0.3) is 0 Å². The molecule has 0 amide bonds. The maximum Gasteiger partial charge on any atom is 0.231 e. The van der Waals surface area contributed by atoms with E-state index in [1.165, 1.54) is 20.3 Å². The average Bonchev–Trinajstić information content (AvgIpc) is 2.85. The number of aliphatic hydroxyl groups is 1. The third-order valence-corrected chi connectivity index (χ3v) is 4.20. The fourth-order valence-corrected chi connectivity index (χ4v) is 3.33. The molecule has 0 saturated heterocycles. The Morgan fingerprint density at radius 3 is 2.50 bits per heavy atom. The Morgan fingerprint density at radius 1 is 1.23 bits per heavy atom. The Bertz CT molecular complexity index is 823. The lowest BCUT2D eigenvalue weighted by Gasteiger charge is -2.31.